The molecule has 0 aliphatic heterocycles. The molecule has 0 saturated heterocycles. The number of aromatic nitrogens is 1. The molecule has 0 saturated carbocycles. The molecular weight excluding hydrogens is 404 g/mol. The maximum Gasteiger partial charge on any atom is 0.123 e. The number of rotatable bonds is 7. The summed E-state index contributed by atoms with van der Waals surface area (Å²) in [6.07, 6.45) is 4.11. The van der Waals surface area contributed by atoms with Crippen LogP contribution in [0.2, 0.25) is 0 Å². The number of benzene rings is 3. The molecule has 0 radical (unpaired) electrons. The highest BCUT2D eigenvalue weighted by atomic mass is 19.1. The summed E-state index contributed by atoms with van der Waals surface area (Å²) in [6.45, 7) is 9.12. The third-order valence-electron chi connectivity index (χ3n) is 5.39. The largest absolute Gasteiger partial charge is 0.489 e. The number of ether oxygens (including phenoxy) is 1. The Morgan fingerprint density at radius 1 is 0.938 bits per heavy atom. The Kier molecular flexibility index (Phi) is 6.22. The van der Waals surface area contributed by atoms with Gasteiger partial charge in [-0.25, -0.2) is 8.78 Å². The molecule has 0 bridgehead atoms. The van der Waals surface area contributed by atoms with Crippen LogP contribution in [0.5, 0.6) is 5.75 Å². The summed E-state index contributed by atoms with van der Waals surface area (Å²) in [4.78, 5) is 0. The van der Waals surface area contributed by atoms with Gasteiger partial charge in [0.05, 0.1) is 11.2 Å². The smallest absolute Gasteiger partial charge is 0.123 e. The molecule has 32 heavy (non-hydrogen) atoms. The molecule has 0 fully saturated rings. The first kappa shape index (κ1) is 21.6. The van der Waals surface area contributed by atoms with Crippen molar-refractivity contribution in [2.45, 2.75) is 27.0 Å². The fraction of sp³-hybridized carbons (Fsp3) is 0.143. The van der Waals surface area contributed by atoms with Gasteiger partial charge < -0.3 is 9.30 Å². The van der Waals surface area contributed by atoms with E-state index in [2.05, 4.69) is 23.3 Å². The van der Waals surface area contributed by atoms with Crippen molar-refractivity contribution < 1.29 is 13.5 Å². The molecule has 1 aromatic heterocycles. The van der Waals surface area contributed by atoms with Crippen molar-refractivity contribution in [2.24, 2.45) is 0 Å². The second kappa shape index (κ2) is 9.23. The molecule has 4 rings (SSSR count). The van der Waals surface area contributed by atoms with Gasteiger partial charge in [-0.15, -0.1) is 0 Å². The van der Waals surface area contributed by atoms with Crippen LogP contribution in [-0.4, -0.2) is 4.57 Å². The molecule has 0 atom stereocenters. The normalized spacial score (nSPS) is 11.4. The Morgan fingerprint density at radius 2 is 1.56 bits per heavy atom. The second-order valence-corrected chi connectivity index (χ2v) is 7.85. The minimum absolute atomic E-state index is 0.252. The third-order valence-corrected chi connectivity index (χ3v) is 5.39. The molecule has 4 aromatic rings. The summed E-state index contributed by atoms with van der Waals surface area (Å²) in [7, 11) is 0. The molecular formula is C28H25F2NO. The SMILES string of the molecule is C=C(C)c1c(/C=C\C)c2ccc(OCc3ccc(F)cc3)cc2n1Cc1ccc(F)cc1. The van der Waals surface area contributed by atoms with Crippen molar-refractivity contribution in [3.05, 3.63) is 113 Å². The fourth-order valence-electron chi connectivity index (χ4n) is 3.93. The fourth-order valence-corrected chi connectivity index (χ4v) is 3.93. The first-order valence-electron chi connectivity index (χ1n) is 10.5. The quantitative estimate of drug-likeness (QED) is 0.295. The van der Waals surface area contributed by atoms with E-state index in [0.717, 1.165) is 44.6 Å². The van der Waals surface area contributed by atoms with Crippen LogP contribution in [0.4, 0.5) is 8.78 Å². The molecule has 162 valence electrons. The van der Waals surface area contributed by atoms with E-state index in [9.17, 15) is 8.78 Å². The van der Waals surface area contributed by atoms with Gasteiger partial charge in [-0.05, 0) is 66.9 Å². The van der Waals surface area contributed by atoms with Crippen molar-refractivity contribution in [3.63, 3.8) is 0 Å². The Bertz CT molecular complexity index is 1280. The van der Waals surface area contributed by atoms with Crippen molar-refractivity contribution in [1.29, 1.82) is 0 Å². The standard InChI is InChI=1S/C28H25F2NO/c1-4-5-26-25-15-14-24(32-18-21-8-12-23(30)13-9-21)16-27(25)31(28(26)19(2)3)17-20-6-10-22(29)11-7-20/h4-16H,2,17-18H2,1,3H3/b5-4-. The van der Waals surface area contributed by atoms with Crippen LogP contribution in [0.15, 0.2) is 79.4 Å². The highest BCUT2D eigenvalue weighted by molar-refractivity contribution is 5.96. The van der Waals surface area contributed by atoms with Gasteiger partial charge in [-0.2, -0.15) is 0 Å². The lowest BCUT2D eigenvalue weighted by atomic mass is 10.1. The van der Waals surface area contributed by atoms with Crippen molar-refractivity contribution in [2.75, 3.05) is 0 Å². The predicted molar refractivity (Wildman–Crippen MR) is 128 cm³/mol. The van der Waals surface area contributed by atoms with Crippen molar-refractivity contribution >= 4 is 22.6 Å². The maximum atomic E-state index is 13.4. The Labute approximate surface area is 187 Å². The summed E-state index contributed by atoms with van der Waals surface area (Å²) in [5.74, 6) is 0.204. The van der Waals surface area contributed by atoms with E-state index < -0.39 is 0 Å². The van der Waals surface area contributed by atoms with Crippen LogP contribution >= 0.6 is 0 Å². The number of hydrogen-bond donors (Lipinski definition) is 0. The minimum Gasteiger partial charge on any atom is -0.489 e. The summed E-state index contributed by atoms with van der Waals surface area (Å²) in [6, 6.07) is 18.9. The highest BCUT2D eigenvalue weighted by Crippen LogP contribution is 2.34. The molecule has 0 aliphatic carbocycles. The van der Waals surface area contributed by atoms with E-state index in [0.29, 0.717) is 13.2 Å². The average molecular weight is 430 g/mol. The Hall–Kier alpha value is -3.66. The zero-order valence-corrected chi connectivity index (χ0v) is 18.2. The maximum absolute atomic E-state index is 13.4. The van der Waals surface area contributed by atoms with Crippen molar-refractivity contribution in [3.8, 4) is 5.75 Å². The van der Waals surface area contributed by atoms with Crippen LogP contribution in [0.3, 0.4) is 0 Å². The Morgan fingerprint density at radius 3 is 2.16 bits per heavy atom. The molecule has 0 spiro atoms. The van der Waals surface area contributed by atoms with Crippen molar-refractivity contribution in [1.82, 2.24) is 4.57 Å². The second-order valence-electron chi connectivity index (χ2n) is 7.85. The molecule has 2 nitrogen and oxygen atoms in total. The van der Waals surface area contributed by atoms with Gasteiger partial charge in [0.1, 0.15) is 24.0 Å². The van der Waals surface area contributed by atoms with E-state index in [1.165, 1.54) is 24.3 Å². The van der Waals surface area contributed by atoms with Crippen LogP contribution < -0.4 is 4.74 Å². The molecule has 4 heteroatoms. The van der Waals surface area contributed by atoms with E-state index in [-0.39, 0.29) is 11.6 Å². The first-order valence-corrected chi connectivity index (χ1v) is 10.5. The van der Waals surface area contributed by atoms with Gasteiger partial charge in [0.2, 0.25) is 0 Å². The monoisotopic (exact) mass is 429 g/mol. The summed E-state index contributed by atoms with van der Waals surface area (Å²) < 4.78 is 34.8. The van der Waals surface area contributed by atoms with Gasteiger partial charge in [0.15, 0.2) is 0 Å². The predicted octanol–water partition coefficient (Wildman–Crippen LogP) is 7.61. The lowest BCUT2D eigenvalue weighted by Gasteiger charge is -2.13. The highest BCUT2D eigenvalue weighted by Gasteiger charge is 2.17. The minimum atomic E-state index is -0.266. The van der Waals surface area contributed by atoms with Crippen LogP contribution in [-0.2, 0) is 13.2 Å². The van der Waals surface area contributed by atoms with Gasteiger partial charge in [-0.3, -0.25) is 0 Å². The van der Waals surface area contributed by atoms with Crippen LogP contribution in [0.25, 0.3) is 22.6 Å². The molecule has 3 aromatic carbocycles. The van der Waals surface area contributed by atoms with Crippen LogP contribution in [0, 0.1) is 11.6 Å². The van der Waals surface area contributed by atoms with E-state index in [1.807, 2.05) is 32.1 Å². The summed E-state index contributed by atoms with van der Waals surface area (Å²) in [5.41, 5.74) is 5.99. The number of nitrogens with zero attached hydrogens (tertiary/aromatic N) is 1. The zero-order chi connectivity index (χ0) is 22.7. The lowest BCUT2D eigenvalue weighted by Crippen LogP contribution is -2.04. The number of halogens is 2. The summed E-state index contributed by atoms with van der Waals surface area (Å²) in [5, 5.41) is 1.09. The molecule has 0 amide bonds. The third kappa shape index (κ3) is 4.50. The van der Waals surface area contributed by atoms with Gasteiger partial charge in [0.25, 0.3) is 0 Å². The number of allylic oxidation sites excluding steroid dienone is 2. The molecule has 1 heterocycles. The molecule has 0 unspecified atom stereocenters. The number of fused-ring (bicyclic) bond motifs is 1. The van der Waals surface area contributed by atoms with E-state index in [4.69, 9.17) is 4.74 Å². The molecule has 0 N–H and O–H groups in total. The lowest BCUT2D eigenvalue weighted by molar-refractivity contribution is 0.306. The first-order chi connectivity index (χ1) is 15.5. The summed E-state index contributed by atoms with van der Waals surface area (Å²) >= 11 is 0. The molecule has 0 aliphatic rings. The Balaban J connectivity index is 1.77. The number of hydrogen-bond acceptors (Lipinski definition) is 1. The van der Waals surface area contributed by atoms with Crippen LogP contribution in [0.1, 0.15) is 36.2 Å². The van der Waals surface area contributed by atoms with E-state index in [1.54, 1.807) is 24.3 Å². The zero-order valence-electron chi connectivity index (χ0n) is 18.2. The van der Waals surface area contributed by atoms with Gasteiger partial charge in [-0.1, -0.05) is 43.0 Å². The average Bonchev–Trinajstić information content (AvgIpc) is 3.08. The van der Waals surface area contributed by atoms with Gasteiger partial charge in [0, 0.05) is 23.6 Å². The van der Waals surface area contributed by atoms with Gasteiger partial charge >= 0.3 is 0 Å². The topological polar surface area (TPSA) is 14.2 Å². The van der Waals surface area contributed by atoms with E-state index >= 15 is 0 Å².